The zero-order chi connectivity index (χ0) is 20.6. The molecule has 0 radical (unpaired) electrons. The topological polar surface area (TPSA) is 75.7 Å². The van der Waals surface area contributed by atoms with E-state index in [1.54, 1.807) is 4.90 Å². The number of ether oxygens (including phenoxy) is 1. The summed E-state index contributed by atoms with van der Waals surface area (Å²) < 4.78 is 18.1. The number of nitrogens with zero attached hydrogens (tertiary/aromatic N) is 1. The second-order valence-electron chi connectivity index (χ2n) is 6.54. The average molecular weight is 396 g/mol. The van der Waals surface area contributed by atoms with Crippen LogP contribution in [0.15, 0.2) is 60.7 Å². The summed E-state index contributed by atoms with van der Waals surface area (Å²) in [5.41, 5.74) is 2.43. The van der Waals surface area contributed by atoms with Crippen molar-refractivity contribution in [1.29, 1.82) is 0 Å². The van der Waals surface area contributed by atoms with E-state index in [1.165, 1.54) is 23.8 Å². The van der Waals surface area contributed by atoms with E-state index in [9.17, 15) is 18.8 Å². The van der Waals surface area contributed by atoms with Gasteiger partial charge in [-0.15, -0.1) is 0 Å². The van der Waals surface area contributed by atoms with E-state index < -0.39 is 24.2 Å². The Bertz CT molecular complexity index is 927. The van der Waals surface area contributed by atoms with E-state index in [0.29, 0.717) is 13.1 Å². The fraction of sp³-hybridized carbons (Fsp3) is 0.227. The summed E-state index contributed by atoms with van der Waals surface area (Å²) in [5.74, 6) is -2.17. The standard InChI is InChI=1S/C22H21FN2O4/c23-19-8-4-7-18(13-19)22(28)24-14-21(27)29-15-20(26)25-11-9-17(10-12-25)16-5-2-1-3-6-16/h1-9,13H,10-12,14-15H2,(H,24,28). The highest BCUT2D eigenvalue weighted by Gasteiger charge is 2.19. The van der Waals surface area contributed by atoms with Gasteiger partial charge in [0.25, 0.3) is 11.8 Å². The third kappa shape index (κ3) is 5.75. The molecule has 0 bridgehead atoms. The molecule has 7 heteroatoms. The summed E-state index contributed by atoms with van der Waals surface area (Å²) in [6, 6.07) is 15.1. The van der Waals surface area contributed by atoms with Crippen LogP contribution in [0, 0.1) is 5.82 Å². The highest BCUT2D eigenvalue weighted by molar-refractivity contribution is 5.96. The maximum atomic E-state index is 13.1. The van der Waals surface area contributed by atoms with E-state index in [4.69, 9.17) is 4.74 Å². The van der Waals surface area contributed by atoms with Crippen molar-refractivity contribution in [3.8, 4) is 0 Å². The molecule has 0 saturated carbocycles. The normalized spacial score (nSPS) is 13.4. The molecule has 150 valence electrons. The molecule has 0 unspecified atom stereocenters. The average Bonchev–Trinajstić information content (AvgIpc) is 2.76. The summed E-state index contributed by atoms with van der Waals surface area (Å²) in [5, 5.41) is 2.34. The summed E-state index contributed by atoms with van der Waals surface area (Å²) in [4.78, 5) is 37.5. The first-order valence-electron chi connectivity index (χ1n) is 9.24. The minimum absolute atomic E-state index is 0.100. The van der Waals surface area contributed by atoms with Gasteiger partial charge >= 0.3 is 5.97 Å². The van der Waals surface area contributed by atoms with Gasteiger partial charge in [-0.3, -0.25) is 14.4 Å². The largest absolute Gasteiger partial charge is 0.454 e. The van der Waals surface area contributed by atoms with Crippen LogP contribution >= 0.6 is 0 Å². The van der Waals surface area contributed by atoms with Gasteiger partial charge in [0.05, 0.1) is 0 Å². The molecule has 1 aliphatic heterocycles. The molecule has 0 aliphatic carbocycles. The summed E-state index contributed by atoms with van der Waals surface area (Å²) in [7, 11) is 0. The maximum Gasteiger partial charge on any atom is 0.325 e. The summed E-state index contributed by atoms with van der Waals surface area (Å²) in [6.07, 6.45) is 2.73. The van der Waals surface area contributed by atoms with E-state index in [0.717, 1.165) is 18.1 Å². The molecule has 0 saturated heterocycles. The summed E-state index contributed by atoms with van der Waals surface area (Å²) >= 11 is 0. The Labute approximate surface area is 168 Å². The van der Waals surface area contributed by atoms with Crippen LogP contribution in [0.2, 0.25) is 0 Å². The smallest absolute Gasteiger partial charge is 0.325 e. The van der Waals surface area contributed by atoms with Gasteiger partial charge in [0.1, 0.15) is 12.4 Å². The Hall–Kier alpha value is -3.48. The third-order valence-corrected chi connectivity index (χ3v) is 4.54. The molecular weight excluding hydrogens is 375 g/mol. The molecule has 29 heavy (non-hydrogen) atoms. The first kappa shape index (κ1) is 20.3. The van der Waals surface area contributed by atoms with Crippen molar-refractivity contribution in [3.05, 3.63) is 77.6 Å². The van der Waals surface area contributed by atoms with Crippen molar-refractivity contribution in [3.63, 3.8) is 0 Å². The zero-order valence-corrected chi connectivity index (χ0v) is 15.8. The molecule has 3 rings (SSSR count). The lowest BCUT2D eigenvalue weighted by molar-refractivity contribution is -0.151. The number of nitrogens with one attached hydrogen (secondary N) is 1. The fourth-order valence-corrected chi connectivity index (χ4v) is 2.98. The molecule has 1 heterocycles. The van der Waals surface area contributed by atoms with Crippen molar-refractivity contribution < 1.29 is 23.5 Å². The van der Waals surface area contributed by atoms with Crippen LogP contribution < -0.4 is 5.32 Å². The van der Waals surface area contributed by atoms with Gasteiger partial charge in [0.2, 0.25) is 0 Å². The molecule has 6 nitrogen and oxygen atoms in total. The van der Waals surface area contributed by atoms with E-state index >= 15 is 0 Å². The number of hydrogen-bond donors (Lipinski definition) is 1. The molecule has 1 N–H and O–H groups in total. The van der Waals surface area contributed by atoms with Crippen LogP contribution in [0.5, 0.6) is 0 Å². The maximum absolute atomic E-state index is 13.1. The first-order valence-corrected chi connectivity index (χ1v) is 9.24. The lowest BCUT2D eigenvalue weighted by Gasteiger charge is -2.26. The minimum Gasteiger partial charge on any atom is -0.454 e. The number of carbonyl (C=O) groups is 3. The number of rotatable bonds is 6. The molecule has 0 atom stereocenters. The van der Waals surface area contributed by atoms with Gasteiger partial charge < -0.3 is 15.0 Å². The van der Waals surface area contributed by atoms with Gasteiger partial charge in [0.15, 0.2) is 6.61 Å². The molecule has 1 aliphatic rings. The first-order chi connectivity index (χ1) is 14.0. The van der Waals surface area contributed by atoms with Crippen molar-refractivity contribution in [1.82, 2.24) is 10.2 Å². The highest BCUT2D eigenvalue weighted by atomic mass is 19.1. The van der Waals surface area contributed by atoms with Crippen molar-refractivity contribution >= 4 is 23.4 Å². The Morgan fingerprint density at radius 1 is 1.07 bits per heavy atom. The SMILES string of the molecule is O=C(CNC(=O)c1cccc(F)c1)OCC(=O)N1CC=C(c2ccccc2)CC1. The summed E-state index contributed by atoms with van der Waals surface area (Å²) in [6.45, 7) is 0.216. The van der Waals surface area contributed by atoms with Crippen LogP contribution in [-0.4, -0.2) is 48.9 Å². The fourth-order valence-electron chi connectivity index (χ4n) is 2.98. The van der Waals surface area contributed by atoms with Crippen molar-refractivity contribution in [2.45, 2.75) is 6.42 Å². The van der Waals surface area contributed by atoms with Crippen molar-refractivity contribution in [2.75, 3.05) is 26.2 Å². The Balaban J connectivity index is 1.41. The van der Waals surface area contributed by atoms with Gasteiger partial charge in [-0.2, -0.15) is 0 Å². The predicted molar refractivity (Wildman–Crippen MR) is 105 cm³/mol. The van der Waals surface area contributed by atoms with Crippen LogP contribution in [-0.2, 0) is 14.3 Å². The molecular formula is C22H21FN2O4. The number of carbonyl (C=O) groups excluding carboxylic acids is 3. The number of halogens is 1. The van der Waals surface area contributed by atoms with Gasteiger partial charge in [-0.25, -0.2) is 4.39 Å². The zero-order valence-electron chi connectivity index (χ0n) is 15.8. The Morgan fingerprint density at radius 3 is 2.55 bits per heavy atom. The molecule has 2 aromatic carbocycles. The number of esters is 1. The van der Waals surface area contributed by atoms with Crippen LogP contribution in [0.3, 0.4) is 0 Å². The Kier molecular flexibility index (Phi) is 6.73. The molecule has 2 aromatic rings. The van der Waals surface area contributed by atoms with Gasteiger partial charge in [-0.05, 0) is 35.8 Å². The van der Waals surface area contributed by atoms with Crippen LogP contribution in [0.1, 0.15) is 22.3 Å². The number of benzene rings is 2. The molecule has 0 aromatic heterocycles. The van der Waals surface area contributed by atoms with E-state index in [2.05, 4.69) is 5.32 Å². The van der Waals surface area contributed by atoms with E-state index in [-0.39, 0.29) is 18.1 Å². The number of hydrogen-bond acceptors (Lipinski definition) is 4. The second-order valence-corrected chi connectivity index (χ2v) is 6.54. The number of amides is 2. The van der Waals surface area contributed by atoms with Crippen LogP contribution in [0.4, 0.5) is 4.39 Å². The second kappa shape index (κ2) is 9.64. The van der Waals surface area contributed by atoms with E-state index in [1.807, 2.05) is 36.4 Å². The minimum atomic E-state index is -0.736. The van der Waals surface area contributed by atoms with Crippen molar-refractivity contribution in [2.24, 2.45) is 0 Å². The lowest BCUT2D eigenvalue weighted by atomic mass is 10.00. The lowest BCUT2D eigenvalue weighted by Crippen LogP contribution is -2.38. The monoisotopic (exact) mass is 396 g/mol. The molecule has 0 fully saturated rings. The molecule has 0 spiro atoms. The highest BCUT2D eigenvalue weighted by Crippen LogP contribution is 2.21. The van der Waals surface area contributed by atoms with Gasteiger partial charge in [-0.1, -0.05) is 42.5 Å². The quantitative estimate of drug-likeness (QED) is 0.761. The molecule has 2 amide bonds. The third-order valence-electron chi connectivity index (χ3n) is 4.54. The van der Waals surface area contributed by atoms with Crippen LogP contribution in [0.25, 0.3) is 5.57 Å². The predicted octanol–water partition coefficient (Wildman–Crippen LogP) is 2.41. The Morgan fingerprint density at radius 2 is 1.86 bits per heavy atom. The van der Waals surface area contributed by atoms with Gasteiger partial charge in [0, 0.05) is 18.7 Å².